The van der Waals surface area contributed by atoms with Crippen LogP contribution in [0.1, 0.15) is 17.3 Å². The number of para-hydroxylation sites is 1. The van der Waals surface area contributed by atoms with Crippen LogP contribution >= 0.6 is 0 Å². The molecule has 3 amide bonds. The molecular weight excluding hydrogens is 386 g/mol. The van der Waals surface area contributed by atoms with Crippen LogP contribution in [0.15, 0.2) is 59.5 Å². The van der Waals surface area contributed by atoms with E-state index < -0.39 is 33.8 Å². The Morgan fingerprint density at radius 1 is 1.04 bits per heavy atom. The van der Waals surface area contributed by atoms with Crippen LogP contribution in [0.4, 0.5) is 0 Å². The Bertz CT molecular complexity index is 959. The van der Waals surface area contributed by atoms with Gasteiger partial charge in [-0.25, -0.2) is 13.6 Å². The van der Waals surface area contributed by atoms with Crippen molar-refractivity contribution in [3.05, 3.63) is 60.2 Å². The molecule has 0 fully saturated rings. The normalized spacial score (nSPS) is 11.9. The number of ether oxygens (including phenoxy) is 1. The number of carbonyl (C=O) groups excluding carboxylic acids is 3. The smallest absolute Gasteiger partial charge is 0.258 e. The highest BCUT2D eigenvalue weighted by molar-refractivity contribution is 7.89. The van der Waals surface area contributed by atoms with Crippen molar-refractivity contribution in [3.63, 3.8) is 0 Å². The third kappa shape index (κ3) is 6.18. The molecule has 9 nitrogen and oxygen atoms in total. The maximum absolute atomic E-state index is 12.1. The molecule has 2 aromatic carbocycles. The molecule has 0 aliphatic heterocycles. The largest absolute Gasteiger partial charge is 0.484 e. The Morgan fingerprint density at radius 3 is 2.21 bits per heavy atom. The second-order valence-electron chi connectivity index (χ2n) is 5.78. The van der Waals surface area contributed by atoms with Crippen LogP contribution in [0.3, 0.4) is 0 Å². The van der Waals surface area contributed by atoms with Crippen molar-refractivity contribution in [2.45, 2.75) is 17.9 Å². The summed E-state index contributed by atoms with van der Waals surface area (Å²) in [6.45, 7) is 1.12. The topological polar surface area (TPSA) is 145 Å². The van der Waals surface area contributed by atoms with Crippen LogP contribution in [-0.2, 0) is 19.6 Å². The summed E-state index contributed by atoms with van der Waals surface area (Å²) in [6.07, 6.45) is 0. The number of carbonyl (C=O) groups is 3. The molecular formula is C18H19N3O6S. The number of amides is 3. The number of primary sulfonamides is 1. The van der Waals surface area contributed by atoms with E-state index in [-0.39, 0.29) is 17.1 Å². The summed E-state index contributed by atoms with van der Waals surface area (Å²) in [6, 6.07) is 12.4. The van der Waals surface area contributed by atoms with Crippen LogP contribution in [0.25, 0.3) is 0 Å². The summed E-state index contributed by atoms with van der Waals surface area (Å²) in [5, 5.41) is 9.51. The van der Waals surface area contributed by atoms with Crippen molar-refractivity contribution < 1.29 is 27.5 Å². The van der Waals surface area contributed by atoms with Gasteiger partial charge in [-0.3, -0.25) is 19.7 Å². The lowest BCUT2D eigenvalue weighted by atomic mass is 10.2. The summed E-state index contributed by atoms with van der Waals surface area (Å²) in [4.78, 5) is 35.8. The van der Waals surface area contributed by atoms with E-state index in [0.717, 1.165) is 12.1 Å². The average Bonchev–Trinajstić information content (AvgIpc) is 2.66. The van der Waals surface area contributed by atoms with E-state index >= 15 is 0 Å². The molecule has 148 valence electrons. The molecule has 4 N–H and O–H groups in total. The number of hydrogen-bond acceptors (Lipinski definition) is 6. The maximum atomic E-state index is 12.1. The van der Waals surface area contributed by atoms with Crippen LogP contribution in [0.2, 0.25) is 0 Å². The molecule has 1 unspecified atom stereocenters. The third-order valence-electron chi connectivity index (χ3n) is 3.57. The van der Waals surface area contributed by atoms with Crippen molar-refractivity contribution in [1.82, 2.24) is 10.6 Å². The number of hydrogen-bond donors (Lipinski definition) is 3. The van der Waals surface area contributed by atoms with Crippen LogP contribution < -0.4 is 20.5 Å². The number of imide groups is 1. The molecule has 0 radical (unpaired) electrons. The molecule has 0 aromatic heterocycles. The summed E-state index contributed by atoms with van der Waals surface area (Å²) in [7, 11) is -3.88. The second kappa shape index (κ2) is 9.11. The Hall–Kier alpha value is -3.24. The number of sulfonamides is 1. The molecule has 2 rings (SSSR count). The fourth-order valence-electron chi connectivity index (χ4n) is 2.10. The minimum Gasteiger partial charge on any atom is -0.484 e. The predicted molar refractivity (Wildman–Crippen MR) is 99.8 cm³/mol. The Balaban J connectivity index is 1.85. The van der Waals surface area contributed by atoms with E-state index in [0.29, 0.717) is 5.75 Å². The number of rotatable bonds is 7. The van der Waals surface area contributed by atoms with Gasteiger partial charge in [-0.05, 0) is 43.3 Å². The summed E-state index contributed by atoms with van der Waals surface area (Å²) < 4.78 is 27.7. The van der Waals surface area contributed by atoms with Crippen molar-refractivity contribution in [2.24, 2.45) is 5.14 Å². The summed E-state index contributed by atoms with van der Waals surface area (Å²) in [5.74, 6) is -1.49. The standard InChI is InChI=1S/C18H19N3O6S/c1-12(20-16(22)11-27-14-5-3-2-4-6-14)17(23)21-18(24)13-7-9-15(10-8-13)28(19,25)26/h2-10,12H,11H2,1H3,(H,20,22)(H2,19,25,26)(H,21,23,24). The van der Waals surface area contributed by atoms with Crippen LogP contribution in [0.5, 0.6) is 5.75 Å². The van der Waals surface area contributed by atoms with Crippen molar-refractivity contribution in [2.75, 3.05) is 6.61 Å². The van der Waals surface area contributed by atoms with Gasteiger partial charge in [0, 0.05) is 5.56 Å². The highest BCUT2D eigenvalue weighted by Gasteiger charge is 2.19. The van der Waals surface area contributed by atoms with Crippen molar-refractivity contribution >= 4 is 27.7 Å². The van der Waals surface area contributed by atoms with Crippen molar-refractivity contribution in [3.8, 4) is 5.75 Å². The summed E-state index contributed by atoms with van der Waals surface area (Å²) >= 11 is 0. The molecule has 1 atom stereocenters. The van der Waals surface area contributed by atoms with Gasteiger partial charge in [0.2, 0.25) is 15.9 Å². The Kier molecular flexibility index (Phi) is 6.85. The van der Waals surface area contributed by atoms with Gasteiger partial charge in [0.1, 0.15) is 11.8 Å². The minimum atomic E-state index is -3.88. The Labute approximate surface area is 161 Å². The zero-order valence-corrected chi connectivity index (χ0v) is 15.7. The number of benzene rings is 2. The van der Waals surface area contributed by atoms with Gasteiger partial charge in [-0.2, -0.15) is 0 Å². The fraction of sp³-hybridized carbons (Fsp3) is 0.167. The monoisotopic (exact) mass is 405 g/mol. The molecule has 28 heavy (non-hydrogen) atoms. The zero-order valence-electron chi connectivity index (χ0n) is 14.9. The zero-order chi connectivity index (χ0) is 20.7. The van der Waals surface area contributed by atoms with E-state index in [1.54, 1.807) is 30.3 Å². The average molecular weight is 405 g/mol. The summed E-state index contributed by atoms with van der Waals surface area (Å²) in [5.41, 5.74) is 0.0617. The maximum Gasteiger partial charge on any atom is 0.258 e. The van der Waals surface area contributed by atoms with E-state index in [1.165, 1.54) is 19.1 Å². The predicted octanol–water partition coefficient (Wildman–Crippen LogP) is 0.174. The van der Waals surface area contributed by atoms with Crippen molar-refractivity contribution in [1.29, 1.82) is 0 Å². The van der Waals surface area contributed by atoms with Gasteiger partial charge >= 0.3 is 0 Å². The van der Waals surface area contributed by atoms with Gasteiger partial charge in [0.25, 0.3) is 11.8 Å². The first-order valence-corrected chi connectivity index (χ1v) is 9.66. The molecule has 0 saturated heterocycles. The van der Waals surface area contributed by atoms with Crippen LogP contribution in [-0.4, -0.2) is 38.8 Å². The van der Waals surface area contributed by atoms with E-state index in [4.69, 9.17) is 9.88 Å². The highest BCUT2D eigenvalue weighted by Crippen LogP contribution is 2.09. The van der Waals surface area contributed by atoms with E-state index in [2.05, 4.69) is 10.6 Å². The molecule has 0 aliphatic rings. The fourth-order valence-corrected chi connectivity index (χ4v) is 2.62. The molecule has 0 heterocycles. The molecule has 0 bridgehead atoms. The number of nitrogens with one attached hydrogen (secondary N) is 2. The first-order chi connectivity index (χ1) is 13.2. The number of nitrogens with two attached hydrogens (primary N) is 1. The lowest BCUT2D eigenvalue weighted by molar-refractivity contribution is -0.129. The lowest BCUT2D eigenvalue weighted by Gasteiger charge is -2.14. The first-order valence-electron chi connectivity index (χ1n) is 8.12. The minimum absolute atomic E-state index is 0.0617. The van der Waals surface area contributed by atoms with Gasteiger partial charge < -0.3 is 10.1 Å². The third-order valence-corrected chi connectivity index (χ3v) is 4.49. The SMILES string of the molecule is CC(NC(=O)COc1ccccc1)C(=O)NC(=O)c1ccc(S(N)(=O)=O)cc1. The molecule has 0 saturated carbocycles. The molecule has 0 aliphatic carbocycles. The molecule has 0 spiro atoms. The van der Waals surface area contributed by atoms with Gasteiger partial charge in [0.05, 0.1) is 4.90 Å². The highest BCUT2D eigenvalue weighted by atomic mass is 32.2. The van der Waals surface area contributed by atoms with Gasteiger partial charge in [-0.1, -0.05) is 18.2 Å². The van der Waals surface area contributed by atoms with Gasteiger partial charge in [-0.15, -0.1) is 0 Å². The second-order valence-corrected chi connectivity index (χ2v) is 7.34. The van der Waals surface area contributed by atoms with E-state index in [9.17, 15) is 22.8 Å². The molecule has 10 heteroatoms. The Morgan fingerprint density at radius 2 is 1.64 bits per heavy atom. The van der Waals surface area contributed by atoms with Gasteiger partial charge in [0.15, 0.2) is 6.61 Å². The van der Waals surface area contributed by atoms with Crippen LogP contribution in [0, 0.1) is 0 Å². The van der Waals surface area contributed by atoms with E-state index in [1.807, 2.05) is 0 Å². The lowest BCUT2D eigenvalue weighted by Crippen LogP contribution is -2.47. The molecule has 2 aromatic rings. The first kappa shape index (κ1) is 21.1. The quantitative estimate of drug-likeness (QED) is 0.599.